The molecule has 0 aromatic heterocycles. The van der Waals surface area contributed by atoms with Crippen LogP contribution in [0.4, 0.5) is 5.69 Å². The third kappa shape index (κ3) is 3.43. The molecule has 0 bridgehead atoms. The van der Waals surface area contributed by atoms with E-state index >= 15 is 0 Å². The quantitative estimate of drug-likeness (QED) is 0.616. The van der Waals surface area contributed by atoms with Crippen LogP contribution in [0.25, 0.3) is 0 Å². The number of rotatable bonds is 5. The monoisotopic (exact) mass is 235 g/mol. The number of benzene rings is 1. The molecule has 0 aliphatic heterocycles. The molecule has 6 heteroatoms. The van der Waals surface area contributed by atoms with Gasteiger partial charge in [0, 0.05) is 18.7 Å². The van der Waals surface area contributed by atoms with Crippen molar-refractivity contribution in [1.29, 1.82) is 5.26 Å². The minimum absolute atomic E-state index is 0.116. The molecule has 1 aromatic rings. The van der Waals surface area contributed by atoms with E-state index in [9.17, 15) is 10.1 Å². The molecule has 1 aromatic carbocycles. The van der Waals surface area contributed by atoms with E-state index in [1.807, 2.05) is 13.0 Å². The van der Waals surface area contributed by atoms with Crippen LogP contribution in [0.3, 0.4) is 0 Å². The first-order valence-corrected chi connectivity index (χ1v) is 5.08. The van der Waals surface area contributed by atoms with Crippen LogP contribution >= 0.6 is 0 Å². The fourth-order valence-corrected chi connectivity index (χ4v) is 1.37. The van der Waals surface area contributed by atoms with Gasteiger partial charge in [0.15, 0.2) is 0 Å². The van der Waals surface area contributed by atoms with Crippen LogP contribution in [-0.2, 0) is 0 Å². The summed E-state index contributed by atoms with van der Waals surface area (Å²) in [5.41, 5.74) is 0.0531. The lowest BCUT2D eigenvalue weighted by Crippen LogP contribution is -2.26. The lowest BCUT2D eigenvalue weighted by molar-refractivity contribution is -0.384. The topological polar surface area (TPSA) is 88.2 Å². The van der Waals surface area contributed by atoms with Crippen LogP contribution in [0, 0.1) is 21.4 Å². The lowest BCUT2D eigenvalue weighted by atomic mass is 10.2. The summed E-state index contributed by atoms with van der Waals surface area (Å²) in [7, 11) is 1.79. The largest absolute Gasteiger partial charge is 0.488 e. The Bertz CT molecular complexity index is 454. The number of nitrogens with zero attached hydrogens (tertiary/aromatic N) is 2. The van der Waals surface area contributed by atoms with Crippen molar-refractivity contribution < 1.29 is 9.66 Å². The van der Waals surface area contributed by atoms with Gasteiger partial charge in [-0.15, -0.1) is 0 Å². The highest BCUT2D eigenvalue weighted by molar-refractivity contribution is 5.50. The van der Waals surface area contributed by atoms with Gasteiger partial charge < -0.3 is 10.1 Å². The van der Waals surface area contributed by atoms with E-state index in [0.29, 0.717) is 12.3 Å². The van der Waals surface area contributed by atoms with Crippen LogP contribution in [-0.4, -0.2) is 24.6 Å². The molecule has 0 aliphatic rings. The Morgan fingerprint density at radius 3 is 2.88 bits per heavy atom. The summed E-state index contributed by atoms with van der Waals surface area (Å²) in [6, 6.07) is 5.87. The van der Waals surface area contributed by atoms with Crippen LogP contribution in [0.1, 0.15) is 12.5 Å². The molecule has 1 N–H and O–H groups in total. The molecule has 0 radical (unpaired) electrons. The van der Waals surface area contributed by atoms with Crippen molar-refractivity contribution in [3.8, 4) is 11.8 Å². The summed E-state index contributed by atoms with van der Waals surface area (Å²) in [4.78, 5) is 10.0. The summed E-state index contributed by atoms with van der Waals surface area (Å²) < 4.78 is 5.50. The van der Waals surface area contributed by atoms with Gasteiger partial charge >= 0.3 is 0 Å². The van der Waals surface area contributed by atoms with Gasteiger partial charge in [0.1, 0.15) is 23.5 Å². The molecule has 0 spiro atoms. The normalized spacial score (nSPS) is 11.6. The number of non-ortho nitro benzene ring substituents is 1. The maximum atomic E-state index is 10.6. The van der Waals surface area contributed by atoms with Crippen molar-refractivity contribution in [3.05, 3.63) is 33.9 Å². The molecule has 0 aliphatic carbocycles. The zero-order valence-electron chi connectivity index (χ0n) is 9.64. The van der Waals surface area contributed by atoms with E-state index in [0.717, 1.165) is 0 Å². The van der Waals surface area contributed by atoms with Crippen LogP contribution < -0.4 is 10.1 Å². The zero-order valence-corrected chi connectivity index (χ0v) is 9.64. The molecule has 1 rings (SSSR count). The molecular weight excluding hydrogens is 222 g/mol. The fourth-order valence-electron chi connectivity index (χ4n) is 1.37. The van der Waals surface area contributed by atoms with Gasteiger partial charge in [-0.1, -0.05) is 0 Å². The maximum absolute atomic E-state index is 10.6. The molecule has 6 nitrogen and oxygen atoms in total. The Morgan fingerprint density at radius 1 is 1.65 bits per heavy atom. The number of nitro groups is 1. The van der Waals surface area contributed by atoms with Gasteiger partial charge in [-0.2, -0.15) is 5.26 Å². The Morgan fingerprint density at radius 2 is 2.35 bits per heavy atom. The smallest absolute Gasteiger partial charge is 0.271 e. The Balaban J connectivity index is 2.94. The number of nitriles is 1. The fraction of sp³-hybridized carbons (Fsp3) is 0.364. The van der Waals surface area contributed by atoms with E-state index in [-0.39, 0.29) is 17.4 Å². The predicted octanol–water partition coefficient (Wildman–Crippen LogP) is 1.45. The summed E-state index contributed by atoms with van der Waals surface area (Å²) in [5, 5.41) is 22.4. The standard InChI is InChI=1S/C11H13N3O3/c1-8(7-13-2)17-11-4-3-10(14(15)16)5-9(11)6-12/h3-5,8,13H,7H2,1-2H3. The highest BCUT2D eigenvalue weighted by atomic mass is 16.6. The minimum atomic E-state index is -0.540. The van der Waals surface area contributed by atoms with Gasteiger partial charge in [0.2, 0.25) is 0 Å². The third-order valence-electron chi connectivity index (χ3n) is 2.11. The summed E-state index contributed by atoms with van der Waals surface area (Å²) >= 11 is 0. The molecule has 1 atom stereocenters. The highest BCUT2D eigenvalue weighted by Crippen LogP contribution is 2.24. The van der Waals surface area contributed by atoms with Crippen molar-refractivity contribution >= 4 is 5.69 Å². The van der Waals surface area contributed by atoms with Crippen molar-refractivity contribution in [2.24, 2.45) is 0 Å². The van der Waals surface area contributed by atoms with Gasteiger partial charge in [0.05, 0.1) is 4.92 Å². The Hall–Kier alpha value is -2.13. The molecular formula is C11H13N3O3. The van der Waals surface area contributed by atoms with Crippen molar-refractivity contribution in [1.82, 2.24) is 5.32 Å². The second-order valence-electron chi connectivity index (χ2n) is 3.54. The lowest BCUT2D eigenvalue weighted by Gasteiger charge is -2.14. The van der Waals surface area contributed by atoms with Gasteiger partial charge in [-0.05, 0) is 20.0 Å². The minimum Gasteiger partial charge on any atom is -0.488 e. The number of ether oxygens (including phenoxy) is 1. The molecule has 1 unspecified atom stereocenters. The number of likely N-dealkylation sites (N-methyl/N-ethyl adjacent to an activating group) is 1. The van der Waals surface area contributed by atoms with Crippen molar-refractivity contribution in [2.75, 3.05) is 13.6 Å². The molecule has 0 heterocycles. The summed E-state index contributed by atoms with van der Waals surface area (Å²) in [6.07, 6.45) is -0.117. The number of nitro benzene ring substituents is 1. The highest BCUT2D eigenvalue weighted by Gasteiger charge is 2.13. The number of hydrogen-bond acceptors (Lipinski definition) is 5. The molecule has 0 saturated heterocycles. The zero-order chi connectivity index (χ0) is 12.8. The van der Waals surface area contributed by atoms with Gasteiger partial charge in [0.25, 0.3) is 5.69 Å². The predicted molar refractivity (Wildman–Crippen MR) is 61.8 cm³/mol. The number of nitrogens with one attached hydrogen (secondary N) is 1. The van der Waals surface area contributed by atoms with E-state index in [1.165, 1.54) is 18.2 Å². The Labute approximate surface area is 99.0 Å². The molecule has 0 fully saturated rings. The van der Waals surface area contributed by atoms with Gasteiger partial charge in [-0.25, -0.2) is 0 Å². The first-order chi connectivity index (χ1) is 8.08. The summed E-state index contributed by atoms with van der Waals surface area (Å²) in [5.74, 6) is 0.362. The Kier molecular flexibility index (Phi) is 4.43. The third-order valence-corrected chi connectivity index (χ3v) is 2.11. The van der Waals surface area contributed by atoms with E-state index in [2.05, 4.69) is 5.32 Å². The summed E-state index contributed by atoms with van der Waals surface area (Å²) in [6.45, 7) is 2.47. The number of hydrogen-bond donors (Lipinski definition) is 1. The molecule has 17 heavy (non-hydrogen) atoms. The van der Waals surface area contributed by atoms with Crippen LogP contribution in [0.5, 0.6) is 5.75 Å². The van der Waals surface area contributed by atoms with Crippen LogP contribution in [0.15, 0.2) is 18.2 Å². The molecule has 90 valence electrons. The average molecular weight is 235 g/mol. The molecule has 0 saturated carbocycles. The van der Waals surface area contributed by atoms with Crippen LogP contribution in [0.2, 0.25) is 0 Å². The maximum Gasteiger partial charge on any atom is 0.271 e. The van der Waals surface area contributed by atoms with E-state index in [4.69, 9.17) is 10.00 Å². The second-order valence-corrected chi connectivity index (χ2v) is 3.54. The first-order valence-electron chi connectivity index (χ1n) is 5.08. The second kappa shape index (κ2) is 5.82. The first kappa shape index (κ1) is 12.9. The van der Waals surface area contributed by atoms with Gasteiger partial charge in [-0.3, -0.25) is 10.1 Å². The SMILES string of the molecule is CNCC(C)Oc1ccc([N+](=O)[O-])cc1C#N. The van der Waals surface area contributed by atoms with Crippen molar-refractivity contribution in [2.45, 2.75) is 13.0 Å². The van der Waals surface area contributed by atoms with E-state index < -0.39 is 4.92 Å². The molecule has 0 amide bonds. The van der Waals surface area contributed by atoms with E-state index in [1.54, 1.807) is 7.05 Å². The van der Waals surface area contributed by atoms with Crippen molar-refractivity contribution in [3.63, 3.8) is 0 Å². The average Bonchev–Trinajstić information content (AvgIpc) is 2.29.